The molecule has 2 amide bonds. The van der Waals surface area contributed by atoms with Crippen molar-refractivity contribution in [2.75, 3.05) is 17.2 Å². The third-order valence-corrected chi connectivity index (χ3v) is 2.94. The summed E-state index contributed by atoms with van der Waals surface area (Å²) in [5.41, 5.74) is 8.11. The molecule has 4 heteroatoms. The highest BCUT2D eigenvalue weighted by atomic mass is 16.2. The lowest BCUT2D eigenvalue weighted by molar-refractivity contribution is 0.259. The van der Waals surface area contributed by atoms with Gasteiger partial charge in [0.05, 0.1) is 0 Å². The Hall–Kier alpha value is -2.49. The van der Waals surface area contributed by atoms with E-state index in [9.17, 15) is 4.79 Å². The standard InChI is InChI=1S/C16H19N3O/c17-16(20)19-15-10-4-9-14(12-15)18-11-5-8-13-6-2-1-3-7-13/h1-4,6-7,9-10,12,18H,5,8,11H2,(H3,17,19,20). The number of urea groups is 1. The summed E-state index contributed by atoms with van der Waals surface area (Å²) >= 11 is 0. The quantitative estimate of drug-likeness (QED) is 0.705. The molecular formula is C16H19N3O. The molecule has 0 aliphatic carbocycles. The minimum absolute atomic E-state index is 0.550. The number of amides is 2. The lowest BCUT2D eigenvalue weighted by Gasteiger charge is -2.08. The average Bonchev–Trinajstić information content (AvgIpc) is 2.44. The van der Waals surface area contributed by atoms with E-state index in [4.69, 9.17) is 5.73 Å². The topological polar surface area (TPSA) is 67.2 Å². The van der Waals surface area contributed by atoms with Crippen LogP contribution in [0.2, 0.25) is 0 Å². The summed E-state index contributed by atoms with van der Waals surface area (Å²) < 4.78 is 0. The number of nitrogens with two attached hydrogens (primary N) is 1. The van der Waals surface area contributed by atoms with E-state index >= 15 is 0 Å². The lowest BCUT2D eigenvalue weighted by Crippen LogP contribution is -2.19. The molecule has 20 heavy (non-hydrogen) atoms. The van der Waals surface area contributed by atoms with E-state index in [1.54, 1.807) is 6.07 Å². The molecule has 0 heterocycles. The Morgan fingerprint density at radius 3 is 2.50 bits per heavy atom. The Kier molecular flexibility index (Phi) is 5.00. The van der Waals surface area contributed by atoms with Crippen LogP contribution in [0.25, 0.3) is 0 Å². The number of aryl methyl sites for hydroxylation is 1. The van der Waals surface area contributed by atoms with Gasteiger partial charge in [0.15, 0.2) is 0 Å². The van der Waals surface area contributed by atoms with Crippen molar-refractivity contribution in [2.24, 2.45) is 5.73 Å². The second-order valence-electron chi connectivity index (χ2n) is 4.59. The highest BCUT2D eigenvalue weighted by Gasteiger charge is 1.98. The largest absolute Gasteiger partial charge is 0.385 e. The molecule has 0 atom stereocenters. The molecule has 0 spiro atoms. The van der Waals surface area contributed by atoms with Crippen LogP contribution in [-0.4, -0.2) is 12.6 Å². The zero-order chi connectivity index (χ0) is 14.2. The molecule has 0 radical (unpaired) electrons. The summed E-state index contributed by atoms with van der Waals surface area (Å²) in [6.07, 6.45) is 2.10. The molecule has 4 nitrogen and oxygen atoms in total. The van der Waals surface area contributed by atoms with Crippen LogP contribution < -0.4 is 16.4 Å². The second-order valence-corrected chi connectivity index (χ2v) is 4.59. The van der Waals surface area contributed by atoms with E-state index in [0.29, 0.717) is 5.69 Å². The maximum Gasteiger partial charge on any atom is 0.316 e. The van der Waals surface area contributed by atoms with E-state index < -0.39 is 6.03 Å². The van der Waals surface area contributed by atoms with Crippen LogP contribution in [0.4, 0.5) is 16.2 Å². The summed E-state index contributed by atoms with van der Waals surface area (Å²) in [5.74, 6) is 0. The van der Waals surface area contributed by atoms with Crippen molar-refractivity contribution < 1.29 is 4.79 Å². The van der Waals surface area contributed by atoms with Crippen LogP contribution in [0.15, 0.2) is 54.6 Å². The highest BCUT2D eigenvalue weighted by molar-refractivity contribution is 5.88. The molecule has 0 fully saturated rings. The summed E-state index contributed by atoms with van der Waals surface area (Å²) in [4.78, 5) is 10.8. The third-order valence-electron chi connectivity index (χ3n) is 2.94. The Morgan fingerprint density at radius 2 is 1.75 bits per heavy atom. The summed E-state index contributed by atoms with van der Waals surface area (Å²) in [6.45, 7) is 0.884. The van der Waals surface area contributed by atoms with Crippen molar-refractivity contribution in [1.82, 2.24) is 0 Å². The highest BCUT2D eigenvalue weighted by Crippen LogP contribution is 2.15. The van der Waals surface area contributed by atoms with Gasteiger partial charge in [-0.2, -0.15) is 0 Å². The molecule has 0 saturated heterocycles. The maximum atomic E-state index is 10.8. The molecule has 0 unspecified atom stereocenters. The number of hydrogen-bond donors (Lipinski definition) is 3. The van der Waals surface area contributed by atoms with Gasteiger partial charge in [0.25, 0.3) is 0 Å². The normalized spacial score (nSPS) is 10.0. The van der Waals surface area contributed by atoms with E-state index in [2.05, 4.69) is 34.9 Å². The summed E-state index contributed by atoms with van der Waals surface area (Å²) in [7, 11) is 0. The molecule has 0 saturated carbocycles. The van der Waals surface area contributed by atoms with Gasteiger partial charge in [-0.15, -0.1) is 0 Å². The lowest BCUT2D eigenvalue weighted by atomic mass is 10.1. The van der Waals surface area contributed by atoms with Gasteiger partial charge >= 0.3 is 6.03 Å². The SMILES string of the molecule is NC(=O)Nc1cccc(NCCCc2ccccc2)c1. The van der Waals surface area contributed by atoms with E-state index in [1.807, 2.05) is 24.3 Å². The molecule has 2 aromatic carbocycles. The number of hydrogen-bond acceptors (Lipinski definition) is 2. The predicted molar refractivity (Wildman–Crippen MR) is 82.9 cm³/mol. The van der Waals surface area contributed by atoms with Gasteiger partial charge in [0.1, 0.15) is 0 Å². The Balaban J connectivity index is 1.78. The Bertz CT molecular complexity index is 555. The summed E-state index contributed by atoms with van der Waals surface area (Å²) in [6, 6.07) is 17.4. The molecule has 104 valence electrons. The maximum absolute atomic E-state index is 10.8. The molecule has 2 rings (SSSR count). The number of benzene rings is 2. The number of carbonyl (C=O) groups is 1. The van der Waals surface area contributed by atoms with Crippen LogP contribution in [-0.2, 0) is 6.42 Å². The first kappa shape index (κ1) is 13.9. The van der Waals surface area contributed by atoms with Crippen molar-refractivity contribution in [2.45, 2.75) is 12.8 Å². The third kappa shape index (κ3) is 4.65. The fraction of sp³-hybridized carbons (Fsp3) is 0.188. The minimum Gasteiger partial charge on any atom is -0.385 e. The molecule has 0 aliphatic rings. The average molecular weight is 269 g/mol. The van der Waals surface area contributed by atoms with E-state index in [0.717, 1.165) is 25.1 Å². The second kappa shape index (κ2) is 7.19. The zero-order valence-corrected chi connectivity index (χ0v) is 11.3. The van der Waals surface area contributed by atoms with Crippen molar-refractivity contribution in [3.05, 3.63) is 60.2 Å². The minimum atomic E-state index is -0.550. The number of primary amides is 1. The molecule has 4 N–H and O–H groups in total. The van der Waals surface area contributed by atoms with Gasteiger partial charge in [-0.05, 0) is 36.6 Å². The first-order valence-corrected chi connectivity index (χ1v) is 6.68. The van der Waals surface area contributed by atoms with Crippen molar-refractivity contribution in [3.63, 3.8) is 0 Å². The van der Waals surface area contributed by atoms with Crippen LogP contribution in [0, 0.1) is 0 Å². The fourth-order valence-corrected chi connectivity index (χ4v) is 2.02. The molecule has 0 bridgehead atoms. The smallest absolute Gasteiger partial charge is 0.316 e. The molecule has 0 aromatic heterocycles. The van der Waals surface area contributed by atoms with Gasteiger partial charge in [-0.3, -0.25) is 0 Å². The molecule has 0 aliphatic heterocycles. The Labute approximate surface area is 119 Å². The van der Waals surface area contributed by atoms with E-state index in [1.165, 1.54) is 5.56 Å². The number of rotatable bonds is 6. The number of carbonyl (C=O) groups excluding carboxylic acids is 1. The fourth-order valence-electron chi connectivity index (χ4n) is 2.02. The number of nitrogens with one attached hydrogen (secondary N) is 2. The predicted octanol–water partition coefficient (Wildman–Crippen LogP) is 3.22. The number of anilines is 2. The van der Waals surface area contributed by atoms with Crippen LogP contribution in [0.3, 0.4) is 0 Å². The Morgan fingerprint density at radius 1 is 1.00 bits per heavy atom. The molecular weight excluding hydrogens is 250 g/mol. The molecule has 2 aromatic rings. The van der Waals surface area contributed by atoms with E-state index in [-0.39, 0.29) is 0 Å². The van der Waals surface area contributed by atoms with Crippen LogP contribution >= 0.6 is 0 Å². The zero-order valence-electron chi connectivity index (χ0n) is 11.3. The van der Waals surface area contributed by atoms with Crippen LogP contribution in [0.5, 0.6) is 0 Å². The first-order chi connectivity index (χ1) is 9.74. The van der Waals surface area contributed by atoms with Crippen LogP contribution in [0.1, 0.15) is 12.0 Å². The van der Waals surface area contributed by atoms with Gasteiger partial charge < -0.3 is 16.4 Å². The summed E-state index contributed by atoms with van der Waals surface area (Å²) in [5, 5.41) is 5.90. The van der Waals surface area contributed by atoms with Gasteiger partial charge in [0, 0.05) is 17.9 Å². The monoisotopic (exact) mass is 269 g/mol. The van der Waals surface area contributed by atoms with Crippen molar-refractivity contribution >= 4 is 17.4 Å². The van der Waals surface area contributed by atoms with Crippen molar-refractivity contribution in [3.8, 4) is 0 Å². The van der Waals surface area contributed by atoms with Gasteiger partial charge in [-0.25, -0.2) is 4.79 Å². The van der Waals surface area contributed by atoms with Gasteiger partial charge in [0.2, 0.25) is 0 Å². The van der Waals surface area contributed by atoms with Gasteiger partial charge in [-0.1, -0.05) is 36.4 Å². The first-order valence-electron chi connectivity index (χ1n) is 6.68. The van der Waals surface area contributed by atoms with Crippen molar-refractivity contribution in [1.29, 1.82) is 0 Å².